The summed E-state index contributed by atoms with van der Waals surface area (Å²) in [6.45, 7) is 2.07. The Labute approximate surface area is 109 Å². The predicted octanol–water partition coefficient (Wildman–Crippen LogP) is 2.44. The Morgan fingerprint density at radius 2 is 2.11 bits per heavy atom. The molecule has 3 rings (SSSR count). The summed E-state index contributed by atoms with van der Waals surface area (Å²) in [5.41, 5.74) is 1.19. The molecular formula is C12H13N5S. The summed E-state index contributed by atoms with van der Waals surface area (Å²) < 4.78 is 3.13. The first kappa shape index (κ1) is 11.2. The first-order valence-electron chi connectivity index (χ1n) is 5.62. The van der Waals surface area contributed by atoms with Crippen molar-refractivity contribution in [3.63, 3.8) is 0 Å². The number of nitrogens with one attached hydrogen (secondary N) is 1. The third kappa shape index (κ3) is 1.57. The van der Waals surface area contributed by atoms with Crippen molar-refractivity contribution in [1.29, 1.82) is 0 Å². The second-order valence-electron chi connectivity index (χ2n) is 4.14. The van der Waals surface area contributed by atoms with Crippen molar-refractivity contribution < 1.29 is 0 Å². The molecule has 0 bridgehead atoms. The minimum atomic E-state index is 0.761. The van der Waals surface area contributed by atoms with Gasteiger partial charge in [-0.2, -0.15) is 0 Å². The van der Waals surface area contributed by atoms with Gasteiger partial charge in [-0.25, -0.2) is 0 Å². The molecule has 0 unspecified atom stereocenters. The number of aromatic nitrogens is 4. The number of fused-ring (bicyclic) bond motifs is 1. The molecule has 0 saturated heterocycles. The van der Waals surface area contributed by atoms with Gasteiger partial charge in [0, 0.05) is 26.5 Å². The van der Waals surface area contributed by atoms with Gasteiger partial charge < -0.3 is 5.32 Å². The minimum Gasteiger partial charge on any atom is -0.357 e. The Bertz CT molecular complexity index is 712. The summed E-state index contributed by atoms with van der Waals surface area (Å²) in [6.07, 6.45) is 3.78. The van der Waals surface area contributed by atoms with E-state index in [9.17, 15) is 0 Å². The first-order valence-corrected chi connectivity index (χ1v) is 6.44. The van der Waals surface area contributed by atoms with Crippen LogP contribution in [0.15, 0.2) is 18.5 Å². The average Bonchev–Trinajstić information content (AvgIpc) is 2.93. The van der Waals surface area contributed by atoms with Crippen molar-refractivity contribution >= 4 is 27.4 Å². The molecule has 0 fully saturated rings. The Hall–Kier alpha value is -1.95. The molecule has 6 heteroatoms. The van der Waals surface area contributed by atoms with Crippen molar-refractivity contribution in [1.82, 2.24) is 19.7 Å². The zero-order chi connectivity index (χ0) is 12.7. The second kappa shape index (κ2) is 4.06. The zero-order valence-electron chi connectivity index (χ0n) is 10.4. The maximum atomic E-state index is 4.22. The van der Waals surface area contributed by atoms with Crippen molar-refractivity contribution in [2.75, 3.05) is 12.4 Å². The molecule has 0 aliphatic heterocycles. The van der Waals surface area contributed by atoms with Gasteiger partial charge in [-0.3, -0.25) is 9.55 Å². The van der Waals surface area contributed by atoms with Crippen LogP contribution in [0, 0.1) is 6.92 Å². The van der Waals surface area contributed by atoms with Gasteiger partial charge in [-0.15, -0.1) is 21.5 Å². The van der Waals surface area contributed by atoms with Crippen LogP contribution in [0.3, 0.4) is 0 Å². The summed E-state index contributed by atoms with van der Waals surface area (Å²) in [5, 5.41) is 12.6. The van der Waals surface area contributed by atoms with Gasteiger partial charge in [0.2, 0.25) is 5.95 Å². The van der Waals surface area contributed by atoms with E-state index in [1.807, 2.05) is 31.1 Å². The standard InChI is InChI=1S/C12H13N5S/c1-7-5-14-6-10-8(7)4-9(18-10)11-15-16-12(13-2)17(11)3/h4-6H,1-3H3,(H,13,16). The maximum absolute atomic E-state index is 4.22. The van der Waals surface area contributed by atoms with E-state index in [-0.39, 0.29) is 0 Å². The molecule has 92 valence electrons. The first-order chi connectivity index (χ1) is 8.70. The van der Waals surface area contributed by atoms with Gasteiger partial charge in [0.15, 0.2) is 5.82 Å². The third-order valence-electron chi connectivity index (χ3n) is 2.96. The summed E-state index contributed by atoms with van der Waals surface area (Å²) in [7, 11) is 3.80. The van der Waals surface area contributed by atoms with Crippen LogP contribution >= 0.6 is 11.3 Å². The molecule has 3 aromatic heterocycles. The number of anilines is 1. The lowest BCUT2D eigenvalue weighted by atomic mass is 10.2. The SMILES string of the molecule is CNc1nnc(-c2cc3c(C)cncc3s2)n1C. The lowest BCUT2D eigenvalue weighted by molar-refractivity contribution is 0.927. The monoisotopic (exact) mass is 259 g/mol. The summed E-state index contributed by atoms with van der Waals surface area (Å²) in [4.78, 5) is 5.33. The lowest BCUT2D eigenvalue weighted by Gasteiger charge is -1.99. The molecular weight excluding hydrogens is 246 g/mol. The van der Waals surface area contributed by atoms with Crippen molar-refractivity contribution in [2.45, 2.75) is 6.92 Å². The van der Waals surface area contributed by atoms with Crippen LogP contribution in [0.4, 0.5) is 5.95 Å². The van der Waals surface area contributed by atoms with E-state index in [1.165, 1.54) is 15.6 Å². The highest BCUT2D eigenvalue weighted by Gasteiger charge is 2.13. The van der Waals surface area contributed by atoms with Crippen LogP contribution < -0.4 is 5.32 Å². The Morgan fingerprint density at radius 3 is 2.78 bits per heavy atom. The molecule has 0 aliphatic rings. The molecule has 5 nitrogen and oxygen atoms in total. The number of hydrogen-bond donors (Lipinski definition) is 1. The fourth-order valence-electron chi connectivity index (χ4n) is 1.97. The van der Waals surface area contributed by atoms with E-state index >= 15 is 0 Å². The molecule has 18 heavy (non-hydrogen) atoms. The molecule has 3 aromatic rings. The fraction of sp³-hybridized carbons (Fsp3) is 0.250. The Kier molecular flexibility index (Phi) is 2.52. The third-order valence-corrected chi connectivity index (χ3v) is 4.03. The van der Waals surface area contributed by atoms with Crippen LogP contribution in [-0.4, -0.2) is 26.8 Å². The van der Waals surface area contributed by atoms with Crippen LogP contribution in [0.5, 0.6) is 0 Å². The van der Waals surface area contributed by atoms with Gasteiger partial charge in [-0.05, 0) is 23.9 Å². The highest BCUT2D eigenvalue weighted by Crippen LogP contribution is 2.33. The van der Waals surface area contributed by atoms with Crippen LogP contribution in [0.1, 0.15) is 5.56 Å². The van der Waals surface area contributed by atoms with Crippen molar-refractivity contribution in [3.05, 3.63) is 24.0 Å². The van der Waals surface area contributed by atoms with Crippen molar-refractivity contribution in [2.24, 2.45) is 7.05 Å². The normalized spacial score (nSPS) is 11.1. The van der Waals surface area contributed by atoms with E-state index in [1.54, 1.807) is 11.3 Å². The van der Waals surface area contributed by atoms with Crippen LogP contribution in [0.2, 0.25) is 0 Å². The molecule has 1 N–H and O–H groups in total. The highest BCUT2D eigenvalue weighted by molar-refractivity contribution is 7.22. The fourth-order valence-corrected chi connectivity index (χ4v) is 3.09. The molecule has 0 spiro atoms. The summed E-state index contributed by atoms with van der Waals surface area (Å²) in [6, 6.07) is 2.15. The number of nitrogens with zero attached hydrogens (tertiary/aromatic N) is 4. The second-order valence-corrected chi connectivity index (χ2v) is 5.22. The van der Waals surface area contributed by atoms with E-state index in [2.05, 4.69) is 33.5 Å². The van der Waals surface area contributed by atoms with Crippen LogP contribution in [-0.2, 0) is 7.05 Å². The van der Waals surface area contributed by atoms with E-state index in [0.29, 0.717) is 0 Å². The van der Waals surface area contributed by atoms with E-state index in [4.69, 9.17) is 0 Å². The molecule has 0 atom stereocenters. The van der Waals surface area contributed by atoms with E-state index in [0.717, 1.165) is 16.6 Å². The van der Waals surface area contributed by atoms with Gasteiger partial charge in [-0.1, -0.05) is 0 Å². The molecule has 0 aliphatic carbocycles. The molecule has 0 amide bonds. The largest absolute Gasteiger partial charge is 0.357 e. The predicted molar refractivity (Wildman–Crippen MR) is 73.9 cm³/mol. The minimum absolute atomic E-state index is 0.761. The van der Waals surface area contributed by atoms with E-state index < -0.39 is 0 Å². The van der Waals surface area contributed by atoms with Gasteiger partial charge in [0.05, 0.1) is 9.58 Å². The molecule has 0 radical (unpaired) electrons. The van der Waals surface area contributed by atoms with Gasteiger partial charge >= 0.3 is 0 Å². The molecule has 0 aromatic carbocycles. The maximum Gasteiger partial charge on any atom is 0.224 e. The topological polar surface area (TPSA) is 55.6 Å². The Morgan fingerprint density at radius 1 is 1.28 bits per heavy atom. The zero-order valence-corrected chi connectivity index (χ0v) is 11.2. The summed E-state index contributed by atoms with van der Waals surface area (Å²) in [5.74, 6) is 1.64. The molecule has 3 heterocycles. The molecule has 0 saturated carbocycles. The Balaban J connectivity index is 2.19. The van der Waals surface area contributed by atoms with Crippen molar-refractivity contribution in [3.8, 4) is 10.7 Å². The quantitative estimate of drug-likeness (QED) is 0.768. The number of pyridine rings is 1. The number of aryl methyl sites for hydroxylation is 1. The number of thiophene rings is 1. The smallest absolute Gasteiger partial charge is 0.224 e. The highest BCUT2D eigenvalue weighted by atomic mass is 32.1. The van der Waals surface area contributed by atoms with Crippen LogP contribution in [0.25, 0.3) is 20.8 Å². The lowest BCUT2D eigenvalue weighted by Crippen LogP contribution is -1.98. The summed E-state index contributed by atoms with van der Waals surface area (Å²) >= 11 is 1.69. The number of rotatable bonds is 2. The number of hydrogen-bond acceptors (Lipinski definition) is 5. The van der Waals surface area contributed by atoms with Gasteiger partial charge in [0.1, 0.15) is 0 Å². The average molecular weight is 259 g/mol. The van der Waals surface area contributed by atoms with Gasteiger partial charge in [0.25, 0.3) is 0 Å².